The number of methoxy groups -OCH3 is 1. The van der Waals surface area contributed by atoms with Crippen molar-refractivity contribution in [3.05, 3.63) is 65.2 Å². The quantitative estimate of drug-likeness (QED) is 0.780. The van der Waals surface area contributed by atoms with Crippen LogP contribution < -0.4 is 0 Å². The van der Waals surface area contributed by atoms with Crippen molar-refractivity contribution in [2.24, 2.45) is 11.8 Å². The van der Waals surface area contributed by atoms with Gasteiger partial charge < -0.3 is 9.84 Å². The van der Waals surface area contributed by atoms with Gasteiger partial charge in [0.2, 0.25) is 0 Å². The minimum atomic E-state index is -0.488. The summed E-state index contributed by atoms with van der Waals surface area (Å²) in [4.78, 5) is 15.4. The maximum Gasteiger partial charge on any atom is 0.316 e. The number of esters is 1. The summed E-state index contributed by atoms with van der Waals surface area (Å²) < 4.78 is 5.25. The first-order chi connectivity index (χ1) is 14.4. The Morgan fingerprint density at radius 2 is 2.00 bits per heavy atom. The first-order valence-electron chi connectivity index (χ1n) is 11.1. The normalized spacial score (nSPS) is 34.8. The lowest BCUT2D eigenvalue weighted by atomic mass is 9.59. The number of nitrogens with zero attached hydrogens (tertiary/aromatic N) is 1. The molecular formula is C26H31NO3. The second kappa shape index (κ2) is 6.84. The van der Waals surface area contributed by atoms with Crippen molar-refractivity contribution in [2.45, 2.75) is 50.0 Å². The molecule has 2 aliphatic carbocycles. The number of piperidine rings is 1. The van der Waals surface area contributed by atoms with E-state index in [4.69, 9.17) is 4.74 Å². The number of phenols is 1. The fourth-order valence-electron chi connectivity index (χ4n) is 6.39. The van der Waals surface area contributed by atoms with Gasteiger partial charge in [0.1, 0.15) is 5.75 Å². The third-order valence-corrected chi connectivity index (χ3v) is 8.51. The molecule has 0 aromatic heterocycles. The van der Waals surface area contributed by atoms with Gasteiger partial charge in [-0.25, -0.2) is 0 Å². The smallest absolute Gasteiger partial charge is 0.316 e. The van der Waals surface area contributed by atoms with Crippen LogP contribution in [0, 0.1) is 11.8 Å². The maximum atomic E-state index is 12.8. The van der Waals surface area contributed by atoms with Crippen LogP contribution in [0.25, 0.3) is 0 Å². The van der Waals surface area contributed by atoms with Crippen LogP contribution in [0.4, 0.5) is 0 Å². The van der Waals surface area contributed by atoms with Gasteiger partial charge in [0, 0.05) is 12.6 Å². The fraction of sp³-hybridized carbons (Fsp3) is 0.500. The first kappa shape index (κ1) is 19.6. The van der Waals surface area contributed by atoms with Gasteiger partial charge in [0.15, 0.2) is 0 Å². The summed E-state index contributed by atoms with van der Waals surface area (Å²) >= 11 is 0. The van der Waals surface area contributed by atoms with Gasteiger partial charge in [-0.15, -0.1) is 0 Å². The Hall–Kier alpha value is -2.33. The molecule has 0 amide bonds. The molecule has 2 bridgehead atoms. The van der Waals surface area contributed by atoms with Crippen molar-refractivity contribution in [2.75, 3.05) is 20.2 Å². The molecule has 0 unspecified atom stereocenters. The molecule has 158 valence electrons. The van der Waals surface area contributed by atoms with Crippen LogP contribution in [0.5, 0.6) is 5.75 Å². The highest BCUT2D eigenvalue weighted by Crippen LogP contribution is 2.57. The van der Waals surface area contributed by atoms with Crippen LogP contribution in [0.2, 0.25) is 0 Å². The van der Waals surface area contributed by atoms with Crippen LogP contribution in [0.1, 0.15) is 43.4 Å². The Bertz CT molecular complexity index is 973. The first-order valence-corrected chi connectivity index (χ1v) is 11.1. The van der Waals surface area contributed by atoms with Crippen LogP contribution in [0.3, 0.4) is 0 Å². The Morgan fingerprint density at radius 3 is 2.73 bits per heavy atom. The van der Waals surface area contributed by atoms with E-state index in [1.165, 1.54) is 18.2 Å². The molecule has 1 N–H and O–H groups in total. The molecule has 1 saturated carbocycles. The summed E-state index contributed by atoms with van der Waals surface area (Å²) in [5.74, 6) is 1.07. The molecule has 3 aliphatic rings. The zero-order chi connectivity index (χ0) is 21.1. The topological polar surface area (TPSA) is 49.8 Å². The Morgan fingerprint density at radius 1 is 1.23 bits per heavy atom. The number of ether oxygens (including phenoxy) is 1. The largest absolute Gasteiger partial charge is 0.508 e. The molecular weight excluding hydrogens is 374 g/mol. The van der Waals surface area contributed by atoms with Gasteiger partial charge in [0.25, 0.3) is 0 Å². The molecule has 2 aromatic carbocycles. The highest BCUT2D eigenvalue weighted by Gasteiger charge is 2.63. The van der Waals surface area contributed by atoms with E-state index in [2.05, 4.69) is 36.9 Å². The molecule has 1 saturated heterocycles. The highest BCUT2D eigenvalue weighted by atomic mass is 16.5. The summed E-state index contributed by atoms with van der Waals surface area (Å²) in [6, 6.07) is 16.5. The highest BCUT2D eigenvalue weighted by molar-refractivity contribution is 5.87. The number of phenolic OH excluding ortho intramolecular Hbond substituents is 1. The number of hydrogen-bond acceptors (Lipinski definition) is 4. The number of likely N-dealkylation sites (tertiary alicyclic amines) is 1. The number of carbonyl (C=O) groups is 1. The Kier molecular flexibility index (Phi) is 4.48. The molecule has 5 rings (SSSR count). The number of fused-ring (bicyclic) bond motifs is 4. The molecule has 1 heterocycles. The monoisotopic (exact) mass is 405 g/mol. The van der Waals surface area contributed by atoms with Crippen LogP contribution >= 0.6 is 0 Å². The zero-order valence-electron chi connectivity index (χ0n) is 18.1. The van der Waals surface area contributed by atoms with Gasteiger partial charge >= 0.3 is 5.97 Å². The summed E-state index contributed by atoms with van der Waals surface area (Å²) in [5, 5.41) is 10.1. The molecule has 0 spiro atoms. The number of rotatable bonds is 4. The second-order valence-corrected chi connectivity index (χ2v) is 9.79. The fourth-order valence-corrected chi connectivity index (χ4v) is 6.39. The number of hydrogen-bond donors (Lipinski definition) is 1. The molecule has 2 aromatic rings. The lowest BCUT2D eigenvalue weighted by molar-refractivity contribution is -0.144. The van der Waals surface area contributed by atoms with Crippen molar-refractivity contribution in [3.8, 4) is 5.75 Å². The van der Waals surface area contributed by atoms with E-state index in [9.17, 15) is 9.90 Å². The third-order valence-electron chi connectivity index (χ3n) is 8.51. The maximum absolute atomic E-state index is 12.8. The van der Waals surface area contributed by atoms with Gasteiger partial charge in [0.05, 0.1) is 12.5 Å². The molecule has 4 heteroatoms. The summed E-state index contributed by atoms with van der Waals surface area (Å²) in [5.41, 5.74) is 3.38. The summed E-state index contributed by atoms with van der Waals surface area (Å²) in [6.07, 6.45) is 2.95. The lowest BCUT2D eigenvalue weighted by Gasteiger charge is -2.54. The Balaban J connectivity index is 1.41. The predicted molar refractivity (Wildman–Crippen MR) is 117 cm³/mol. The summed E-state index contributed by atoms with van der Waals surface area (Å²) in [7, 11) is 1.50. The molecule has 4 nitrogen and oxygen atoms in total. The molecule has 2 fully saturated rings. The number of aromatic hydroxyl groups is 1. The van der Waals surface area contributed by atoms with E-state index < -0.39 is 5.41 Å². The molecule has 1 aliphatic heterocycles. The van der Waals surface area contributed by atoms with E-state index in [0.29, 0.717) is 23.6 Å². The minimum Gasteiger partial charge on any atom is -0.508 e. The van der Waals surface area contributed by atoms with Crippen molar-refractivity contribution in [1.29, 1.82) is 0 Å². The summed E-state index contributed by atoms with van der Waals surface area (Å²) in [6.45, 7) is 6.69. The third kappa shape index (κ3) is 2.73. The second-order valence-electron chi connectivity index (χ2n) is 9.79. The van der Waals surface area contributed by atoms with Gasteiger partial charge in [-0.3, -0.25) is 9.69 Å². The molecule has 0 radical (unpaired) electrons. The number of benzene rings is 2. The van der Waals surface area contributed by atoms with E-state index in [1.54, 1.807) is 0 Å². The SMILES string of the molecule is COC(=O)[C@@]1(c2ccccc2)C[C@H]1CN1CC[C@]2(C)c3cc(O)ccc3C[C@H]1[C@H]2C. The minimum absolute atomic E-state index is 0.0932. The van der Waals surface area contributed by atoms with Gasteiger partial charge in [-0.05, 0) is 71.9 Å². The number of carbonyl (C=O) groups excluding carboxylic acids is 1. The van der Waals surface area contributed by atoms with Crippen molar-refractivity contribution >= 4 is 5.97 Å². The Labute approximate surface area is 178 Å². The predicted octanol–water partition coefficient (Wildman–Crippen LogP) is 4.05. The van der Waals surface area contributed by atoms with E-state index in [-0.39, 0.29) is 11.4 Å². The van der Waals surface area contributed by atoms with Gasteiger partial charge in [-0.2, -0.15) is 0 Å². The standard InChI is InChI=1S/C26H31NO3/c1-17-23-13-18-9-10-21(28)14-22(18)25(17,2)11-12-27(23)16-20-15-26(20,24(29)30-3)19-7-5-4-6-8-19/h4-10,14,17,20,23,28H,11-13,15-16H2,1-3H3/t17-,20+,23+,25+,26-/m1/s1. The van der Waals surface area contributed by atoms with Gasteiger partial charge in [-0.1, -0.05) is 50.2 Å². The molecule has 30 heavy (non-hydrogen) atoms. The average molecular weight is 406 g/mol. The lowest BCUT2D eigenvalue weighted by Crippen LogP contribution is -2.58. The van der Waals surface area contributed by atoms with E-state index in [1.807, 2.05) is 30.3 Å². The van der Waals surface area contributed by atoms with Crippen LogP contribution in [-0.2, 0) is 26.8 Å². The van der Waals surface area contributed by atoms with E-state index >= 15 is 0 Å². The van der Waals surface area contributed by atoms with Crippen LogP contribution in [0.15, 0.2) is 48.5 Å². The van der Waals surface area contributed by atoms with E-state index in [0.717, 1.165) is 37.9 Å². The zero-order valence-corrected chi connectivity index (χ0v) is 18.1. The van der Waals surface area contributed by atoms with Crippen molar-refractivity contribution < 1.29 is 14.6 Å². The average Bonchev–Trinajstić information content (AvgIpc) is 3.48. The molecule has 5 atom stereocenters. The van der Waals surface area contributed by atoms with Crippen LogP contribution in [-0.4, -0.2) is 42.2 Å². The van der Waals surface area contributed by atoms with Crippen molar-refractivity contribution in [3.63, 3.8) is 0 Å². The van der Waals surface area contributed by atoms with Crippen molar-refractivity contribution in [1.82, 2.24) is 4.90 Å².